The summed E-state index contributed by atoms with van der Waals surface area (Å²) in [5, 5.41) is 4.47. The Balaban J connectivity index is 1.42. The van der Waals surface area contributed by atoms with Crippen LogP contribution in [0.3, 0.4) is 0 Å². The molecule has 0 N–H and O–H groups in total. The standard InChI is InChI=1S/C19H15ClFN3O3/c20-13-5-7-14(8-6-13)24-10-12(9-18(24)25)19-22-17(23-27-19)11-26-16-4-2-1-3-15(16)21/h1-8,12H,9-11H2. The SMILES string of the molecule is O=C1CC(c2nc(COc3ccccc3F)no2)CN1c1ccc(Cl)cc1. The summed E-state index contributed by atoms with van der Waals surface area (Å²) in [5.74, 6) is 0.0974. The largest absolute Gasteiger partial charge is 0.482 e. The Kier molecular flexibility index (Phi) is 4.77. The zero-order chi connectivity index (χ0) is 18.8. The van der Waals surface area contributed by atoms with E-state index in [1.54, 1.807) is 41.3 Å². The number of amides is 1. The van der Waals surface area contributed by atoms with Gasteiger partial charge >= 0.3 is 0 Å². The molecule has 8 heteroatoms. The van der Waals surface area contributed by atoms with Crippen molar-refractivity contribution < 1.29 is 18.4 Å². The first-order chi connectivity index (χ1) is 13.1. The lowest BCUT2D eigenvalue weighted by atomic mass is 10.1. The minimum Gasteiger partial charge on any atom is -0.482 e. The number of ether oxygens (including phenoxy) is 1. The van der Waals surface area contributed by atoms with E-state index >= 15 is 0 Å². The van der Waals surface area contributed by atoms with Crippen LogP contribution in [0.2, 0.25) is 5.02 Å². The van der Waals surface area contributed by atoms with Gasteiger partial charge in [-0.2, -0.15) is 4.98 Å². The van der Waals surface area contributed by atoms with E-state index < -0.39 is 5.82 Å². The van der Waals surface area contributed by atoms with Gasteiger partial charge in [-0.25, -0.2) is 4.39 Å². The third kappa shape index (κ3) is 3.78. The highest BCUT2D eigenvalue weighted by atomic mass is 35.5. The van der Waals surface area contributed by atoms with E-state index in [0.29, 0.717) is 23.3 Å². The molecule has 0 bridgehead atoms. The van der Waals surface area contributed by atoms with Crippen molar-refractivity contribution >= 4 is 23.2 Å². The summed E-state index contributed by atoms with van der Waals surface area (Å²) in [6, 6.07) is 13.2. The van der Waals surface area contributed by atoms with Gasteiger partial charge in [0.05, 0.1) is 5.92 Å². The highest BCUT2D eigenvalue weighted by Gasteiger charge is 2.35. The Morgan fingerprint density at radius 2 is 2.00 bits per heavy atom. The molecule has 1 amide bonds. The van der Waals surface area contributed by atoms with Gasteiger partial charge in [0.25, 0.3) is 0 Å². The van der Waals surface area contributed by atoms with Crippen molar-refractivity contribution in [3.8, 4) is 5.75 Å². The summed E-state index contributed by atoms with van der Waals surface area (Å²) in [7, 11) is 0. The van der Waals surface area contributed by atoms with Gasteiger partial charge in [-0.05, 0) is 36.4 Å². The fourth-order valence-electron chi connectivity index (χ4n) is 2.94. The van der Waals surface area contributed by atoms with Crippen LogP contribution in [0.4, 0.5) is 10.1 Å². The van der Waals surface area contributed by atoms with Gasteiger partial charge in [-0.15, -0.1) is 0 Å². The first kappa shape index (κ1) is 17.5. The first-order valence-electron chi connectivity index (χ1n) is 8.36. The molecule has 1 unspecified atom stereocenters. The first-order valence-corrected chi connectivity index (χ1v) is 8.73. The Hall–Kier alpha value is -2.93. The van der Waals surface area contributed by atoms with Gasteiger partial charge in [-0.1, -0.05) is 28.9 Å². The summed E-state index contributed by atoms with van der Waals surface area (Å²) in [6.07, 6.45) is 0.276. The molecule has 1 aromatic heterocycles. The Morgan fingerprint density at radius 1 is 1.22 bits per heavy atom. The highest BCUT2D eigenvalue weighted by Crippen LogP contribution is 2.31. The monoisotopic (exact) mass is 387 g/mol. The summed E-state index contributed by atoms with van der Waals surface area (Å²) in [4.78, 5) is 18.3. The summed E-state index contributed by atoms with van der Waals surface area (Å²) < 4.78 is 24.2. The molecule has 2 aromatic carbocycles. The topological polar surface area (TPSA) is 68.5 Å². The molecule has 1 atom stereocenters. The van der Waals surface area contributed by atoms with Crippen LogP contribution in [-0.4, -0.2) is 22.6 Å². The predicted molar refractivity (Wildman–Crippen MR) is 96.2 cm³/mol. The number of carbonyl (C=O) groups excluding carboxylic acids is 1. The predicted octanol–water partition coefficient (Wildman–Crippen LogP) is 3.96. The molecule has 138 valence electrons. The molecule has 0 saturated carbocycles. The average molecular weight is 388 g/mol. The molecule has 1 aliphatic rings. The summed E-state index contributed by atoms with van der Waals surface area (Å²) in [5.41, 5.74) is 0.773. The average Bonchev–Trinajstić information content (AvgIpc) is 3.28. The van der Waals surface area contributed by atoms with Crippen molar-refractivity contribution in [1.29, 1.82) is 0 Å². The summed E-state index contributed by atoms with van der Waals surface area (Å²) >= 11 is 5.89. The Labute approximate surface area is 159 Å². The van der Waals surface area contributed by atoms with Gasteiger partial charge in [0.15, 0.2) is 18.2 Å². The van der Waals surface area contributed by atoms with Gasteiger partial charge in [-0.3, -0.25) is 4.79 Å². The zero-order valence-electron chi connectivity index (χ0n) is 14.1. The zero-order valence-corrected chi connectivity index (χ0v) is 14.9. The van der Waals surface area contributed by atoms with Crippen LogP contribution in [0.15, 0.2) is 53.1 Å². The molecule has 4 rings (SSSR count). The van der Waals surface area contributed by atoms with Crippen LogP contribution in [0.1, 0.15) is 24.1 Å². The lowest BCUT2D eigenvalue weighted by Crippen LogP contribution is -2.24. The molecule has 6 nitrogen and oxygen atoms in total. The van der Waals surface area contributed by atoms with Crippen molar-refractivity contribution in [1.82, 2.24) is 10.1 Å². The number of para-hydroxylation sites is 1. The van der Waals surface area contributed by atoms with Gasteiger partial charge in [0.1, 0.15) is 0 Å². The molecule has 1 fully saturated rings. The lowest BCUT2D eigenvalue weighted by Gasteiger charge is -2.15. The van der Waals surface area contributed by atoms with Gasteiger partial charge < -0.3 is 14.2 Å². The lowest BCUT2D eigenvalue weighted by molar-refractivity contribution is -0.117. The Bertz CT molecular complexity index is 961. The van der Waals surface area contributed by atoms with E-state index in [0.717, 1.165) is 5.69 Å². The maximum absolute atomic E-state index is 13.6. The van der Waals surface area contributed by atoms with Crippen LogP contribution < -0.4 is 9.64 Å². The van der Waals surface area contributed by atoms with Crippen molar-refractivity contribution in [3.05, 3.63) is 71.1 Å². The van der Waals surface area contributed by atoms with Crippen molar-refractivity contribution in [2.45, 2.75) is 18.9 Å². The quantitative estimate of drug-likeness (QED) is 0.662. The smallest absolute Gasteiger partial charge is 0.232 e. The van der Waals surface area contributed by atoms with E-state index in [9.17, 15) is 9.18 Å². The minimum atomic E-state index is -0.457. The van der Waals surface area contributed by atoms with E-state index in [4.69, 9.17) is 20.9 Å². The second kappa shape index (κ2) is 7.36. The van der Waals surface area contributed by atoms with Crippen molar-refractivity contribution in [2.24, 2.45) is 0 Å². The van der Waals surface area contributed by atoms with Crippen molar-refractivity contribution in [3.63, 3.8) is 0 Å². The maximum Gasteiger partial charge on any atom is 0.232 e. The van der Waals surface area contributed by atoms with E-state index in [1.165, 1.54) is 12.1 Å². The third-order valence-electron chi connectivity index (χ3n) is 4.29. The molecular formula is C19H15ClFN3O3. The van der Waals surface area contributed by atoms with Crippen molar-refractivity contribution in [2.75, 3.05) is 11.4 Å². The maximum atomic E-state index is 13.6. The van der Waals surface area contributed by atoms with E-state index in [1.807, 2.05) is 0 Å². The number of carbonyl (C=O) groups is 1. The number of anilines is 1. The number of nitrogens with zero attached hydrogens (tertiary/aromatic N) is 3. The second-order valence-electron chi connectivity index (χ2n) is 6.15. The molecule has 0 aliphatic carbocycles. The highest BCUT2D eigenvalue weighted by molar-refractivity contribution is 6.30. The number of hydrogen-bond donors (Lipinski definition) is 0. The fourth-order valence-corrected chi connectivity index (χ4v) is 3.07. The van der Waals surface area contributed by atoms with Gasteiger partial charge in [0, 0.05) is 23.7 Å². The molecule has 1 saturated heterocycles. The number of benzene rings is 2. The van der Waals surface area contributed by atoms with Crippen LogP contribution in [0.5, 0.6) is 5.75 Å². The molecule has 27 heavy (non-hydrogen) atoms. The normalized spacial score (nSPS) is 16.7. The molecule has 1 aliphatic heterocycles. The van der Waals surface area contributed by atoms with Crippen LogP contribution in [0, 0.1) is 5.82 Å². The molecule has 0 radical (unpaired) electrons. The fraction of sp³-hybridized carbons (Fsp3) is 0.211. The Morgan fingerprint density at radius 3 is 2.78 bits per heavy atom. The molecule has 0 spiro atoms. The third-order valence-corrected chi connectivity index (χ3v) is 4.54. The number of hydrogen-bond acceptors (Lipinski definition) is 5. The number of halogens is 2. The number of aromatic nitrogens is 2. The van der Waals surface area contributed by atoms with Gasteiger partial charge in [0.2, 0.25) is 17.6 Å². The molecule has 3 aromatic rings. The molecular weight excluding hydrogens is 373 g/mol. The second-order valence-corrected chi connectivity index (χ2v) is 6.59. The minimum absolute atomic E-state index is 0.0218. The van der Waals surface area contributed by atoms with Crippen LogP contribution >= 0.6 is 11.6 Å². The summed E-state index contributed by atoms with van der Waals surface area (Å²) in [6.45, 7) is 0.419. The van der Waals surface area contributed by atoms with E-state index in [2.05, 4.69) is 10.1 Å². The molecule has 2 heterocycles. The van der Waals surface area contributed by atoms with E-state index in [-0.39, 0.29) is 30.6 Å². The van der Waals surface area contributed by atoms with Crippen LogP contribution in [0.25, 0.3) is 0 Å². The van der Waals surface area contributed by atoms with Crippen LogP contribution in [-0.2, 0) is 11.4 Å². The number of rotatable bonds is 5.